The SMILES string of the molecule is CN(C)S(=O)(=O)n1ccnc1[C@H]1C[C@@H](Oc2nc(N3CCOCC3)cc3ncccc23)C1. The van der Waals surface area contributed by atoms with Gasteiger partial charge in [0.2, 0.25) is 5.88 Å². The summed E-state index contributed by atoms with van der Waals surface area (Å²) < 4.78 is 39.3. The number of rotatable bonds is 6. The number of hydrogen-bond donors (Lipinski definition) is 0. The number of anilines is 1. The van der Waals surface area contributed by atoms with Crippen LogP contribution in [-0.4, -0.2) is 78.1 Å². The van der Waals surface area contributed by atoms with Crippen LogP contribution >= 0.6 is 0 Å². The van der Waals surface area contributed by atoms with Gasteiger partial charge in [-0.25, -0.2) is 8.96 Å². The van der Waals surface area contributed by atoms with Crippen LogP contribution in [-0.2, 0) is 14.9 Å². The van der Waals surface area contributed by atoms with Crippen molar-refractivity contribution in [3.8, 4) is 5.88 Å². The zero-order valence-corrected chi connectivity index (χ0v) is 18.9. The molecule has 10 nitrogen and oxygen atoms in total. The zero-order valence-electron chi connectivity index (χ0n) is 18.1. The third-order valence-corrected chi connectivity index (χ3v) is 7.70. The van der Waals surface area contributed by atoms with Crippen molar-refractivity contribution in [2.24, 2.45) is 0 Å². The fourth-order valence-electron chi connectivity index (χ4n) is 4.07. The number of fused-ring (bicyclic) bond motifs is 1. The highest BCUT2D eigenvalue weighted by atomic mass is 32.2. The van der Waals surface area contributed by atoms with E-state index >= 15 is 0 Å². The van der Waals surface area contributed by atoms with Crippen molar-refractivity contribution in [3.05, 3.63) is 42.6 Å². The van der Waals surface area contributed by atoms with Crippen LogP contribution in [0.2, 0.25) is 0 Å². The summed E-state index contributed by atoms with van der Waals surface area (Å²) in [4.78, 5) is 15.8. The Balaban J connectivity index is 1.35. The molecule has 1 aliphatic carbocycles. The van der Waals surface area contributed by atoms with Crippen LogP contribution in [0.25, 0.3) is 10.9 Å². The van der Waals surface area contributed by atoms with E-state index < -0.39 is 10.2 Å². The van der Waals surface area contributed by atoms with Gasteiger partial charge in [-0.1, -0.05) is 0 Å². The van der Waals surface area contributed by atoms with Crippen molar-refractivity contribution < 1.29 is 17.9 Å². The third kappa shape index (κ3) is 3.80. The maximum absolute atomic E-state index is 12.6. The van der Waals surface area contributed by atoms with E-state index in [9.17, 15) is 8.42 Å². The molecule has 1 saturated carbocycles. The Hall–Kier alpha value is -2.76. The van der Waals surface area contributed by atoms with Crippen molar-refractivity contribution in [3.63, 3.8) is 0 Å². The van der Waals surface area contributed by atoms with Crippen molar-refractivity contribution in [1.29, 1.82) is 0 Å². The van der Waals surface area contributed by atoms with Gasteiger partial charge in [0.05, 0.1) is 24.1 Å². The van der Waals surface area contributed by atoms with E-state index in [1.807, 2.05) is 18.2 Å². The van der Waals surface area contributed by atoms with Crippen LogP contribution < -0.4 is 9.64 Å². The average Bonchev–Trinajstić information content (AvgIpc) is 3.26. The molecule has 0 amide bonds. The molecule has 1 aliphatic heterocycles. The molecule has 11 heteroatoms. The van der Waals surface area contributed by atoms with Crippen LogP contribution in [0.15, 0.2) is 36.8 Å². The molecular formula is C21H26N6O4S. The molecule has 170 valence electrons. The maximum atomic E-state index is 12.6. The molecule has 4 heterocycles. The van der Waals surface area contributed by atoms with Crippen LogP contribution in [0.1, 0.15) is 24.6 Å². The van der Waals surface area contributed by atoms with E-state index in [-0.39, 0.29) is 12.0 Å². The Morgan fingerprint density at radius 2 is 1.94 bits per heavy atom. The molecule has 0 radical (unpaired) electrons. The van der Waals surface area contributed by atoms with Gasteiger partial charge in [-0.3, -0.25) is 4.98 Å². The summed E-state index contributed by atoms with van der Waals surface area (Å²) in [6.07, 6.45) is 6.06. The molecule has 0 N–H and O–H groups in total. The summed E-state index contributed by atoms with van der Waals surface area (Å²) in [6, 6.07) is 5.82. The Morgan fingerprint density at radius 1 is 1.16 bits per heavy atom. The Morgan fingerprint density at radius 3 is 2.69 bits per heavy atom. The fourth-order valence-corrected chi connectivity index (χ4v) is 5.06. The second kappa shape index (κ2) is 8.30. The number of pyridine rings is 2. The summed E-state index contributed by atoms with van der Waals surface area (Å²) in [7, 11) is -0.574. The molecule has 3 aromatic heterocycles. The third-order valence-electron chi connectivity index (χ3n) is 5.97. The van der Waals surface area contributed by atoms with Gasteiger partial charge in [0, 0.05) is 57.8 Å². The van der Waals surface area contributed by atoms with E-state index in [1.54, 1.807) is 6.20 Å². The lowest BCUT2D eigenvalue weighted by molar-refractivity contribution is 0.0917. The van der Waals surface area contributed by atoms with E-state index in [2.05, 4.69) is 14.9 Å². The molecular weight excluding hydrogens is 432 g/mol. The normalized spacial score (nSPS) is 21.7. The number of morpholine rings is 1. The first kappa shape index (κ1) is 21.1. The minimum Gasteiger partial charge on any atom is -0.474 e. The topological polar surface area (TPSA) is 103 Å². The lowest BCUT2D eigenvalue weighted by atomic mass is 9.82. The Bertz CT molecular complexity index is 1220. The van der Waals surface area contributed by atoms with Gasteiger partial charge in [0.15, 0.2) is 0 Å². The van der Waals surface area contributed by atoms with Gasteiger partial charge in [-0.2, -0.15) is 17.7 Å². The second-order valence-electron chi connectivity index (χ2n) is 8.23. The molecule has 2 fully saturated rings. The van der Waals surface area contributed by atoms with Gasteiger partial charge in [-0.05, 0) is 25.0 Å². The van der Waals surface area contributed by atoms with Gasteiger partial charge < -0.3 is 14.4 Å². The summed E-state index contributed by atoms with van der Waals surface area (Å²) in [5.74, 6) is 1.94. The molecule has 0 unspecified atom stereocenters. The predicted molar refractivity (Wildman–Crippen MR) is 119 cm³/mol. The van der Waals surface area contributed by atoms with Gasteiger partial charge in [0.1, 0.15) is 17.7 Å². The first-order valence-corrected chi connectivity index (χ1v) is 12.0. The van der Waals surface area contributed by atoms with Crippen molar-refractivity contribution >= 4 is 26.9 Å². The summed E-state index contributed by atoms with van der Waals surface area (Å²) >= 11 is 0. The molecule has 5 rings (SSSR count). The molecule has 1 saturated heterocycles. The molecule has 0 bridgehead atoms. The molecule has 0 spiro atoms. The van der Waals surface area contributed by atoms with E-state index in [1.165, 1.54) is 34.8 Å². The molecule has 3 aromatic rings. The van der Waals surface area contributed by atoms with Crippen LogP contribution in [0.5, 0.6) is 5.88 Å². The fraction of sp³-hybridized carbons (Fsp3) is 0.476. The largest absolute Gasteiger partial charge is 0.474 e. The number of aromatic nitrogens is 4. The summed E-state index contributed by atoms with van der Waals surface area (Å²) in [5, 5.41) is 0.865. The first-order chi connectivity index (χ1) is 15.4. The standard InChI is InChI=1S/C21H26N6O4S/c1-25(2)32(28,29)27-7-6-23-20(27)15-12-16(13-15)31-21-17-4-3-5-22-18(17)14-19(24-21)26-8-10-30-11-9-26/h3-7,14-16H,8-13H2,1-2H3/t15-,16+. The Kier molecular flexibility index (Phi) is 5.48. The van der Waals surface area contributed by atoms with Crippen molar-refractivity contribution in [1.82, 2.24) is 23.2 Å². The number of ether oxygens (including phenoxy) is 2. The highest BCUT2D eigenvalue weighted by Gasteiger charge is 2.37. The predicted octanol–water partition coefficient (Wildman–Crippen LogP) is 1.64. The Labute approximate surface area is 187 Å². The van der Waals surface area contributed by atoms with Crippen molar-refractivity contribution in [2.75, 3.05) is 45.3 Å². The number of hydrogen-bond acceptors (Lipinski definition) is 8. The van der Waals surface area contributed by atoms with Gasteiger partial charge in [-0.15, -0.1) is 0 Å². The van der Waals surface area contributed by atoms with E-state index in [4.69, 9.17) is 14.5 Å². The number of imidazole rings is 1. The molecule has 32 heavy (non-hydrogen) atoms. The van der Waals surface area contributed by atoms with E-state index in [0.29, 0.717) is 37.8 Å². The molecule has 0 aromatic carbocycles. The molecule has 2 aliphatic rings. The minimum absolute atomic E-state index is 0.0107. The monoisotopic (exact) mass is 458 g/mol. The van der Waals surface area contributed by atoms with E-state index in [0.717, 1.165) is 29.8 Å². The van der Waals surface area contributed by atoms with Crippen LogP contribution in [0, 0.1) is 0 Å². The zero-order chi connectivity index (χ0) is 22.3. The minimum atomic E-state index is -3.60. The van der Waals surface area contributed by atoms with Crippen LogP contribution in [0.3, 0.4) is 0 Å². The quantitative estimate of drug-likeness (QED) is 0.549. The molecule has 0 atom stereocenters. The first-order valence-electron chi connectivity index (χ1n) is 10.6. The number of nitrogens with zero attached hydrogens (tertiary/aromatic N) is 6. The average molecular weight is 459 g/mol. The lowest BCUT2D eigenvalue weighted by Gasteiger charge is -2.35. The summed E-state index contributed by atoms with van der Waals surface area (Å²) in [5.41, 5.74) is 0.836. The highest BCUT2D eigenvalue weighted by molar-refractivity contribution is 7.87. The van der Waals surface area contributed by atoms with Crippen molar-refractivity contribution in [2.45, 2.75) is 24.9 Å². The smallest absolute Gasteiger partial charge is 0.308 e. The highest BCUT2D eigenvalue weighted by Crippen LogP contribution is 2.40. The van der Waals surface area contributed by atoms with Gasteiger partial charge in [0.25, 0.3) is 0 Å². The maximum Gasteiger partial charge on any atom is 0.308 e. The van der Waals surface area contributed by atoms with Crippen LogP contribution in [0.4, 0.5) is 5.82 Å². The van der Waals surface area contributed by atoms with Gasteiger partial charge >= 0.3 is 10.2 Å². The second-order valence-corrected chi connectivity index (χ2v) is 10.3. The lowest BCUT2D eigenvalue weighted by Crippen LogP contribution is -2.38. The summed E-state index contributed by atoms with van der Waals surface area (Å²) in [6.45, 7) is 2.90.